The molecule has 2 heterocycles. The normalized spacial score (nSPS) is 24.5. The molecule has 5 atom stereocenters. The van der Waals surface area contributed by atoms with Crippen LogP contribution in [0.5, 0.6) is 11.6 Å². The van der Waals surface area contributed by atoms with E-state index in [1.165, 1.54) is 14.0 Å². The molecular formula is C43H54N4O9Si. The summed E-state index contributed by atoms with van der Waals surface area (Å²) in [6.07, 6.45) is 1.87. The van der Waals surface area contributed by atoms with E-state index in [0.717, 1.165) is 5.56 Å². The molecule has 2 amide bonds. The van der Waals surface area contributed by atoms with E-state index in [1.54, 1.807) is 17.9 Å². The number of methoxy groups -OCH3 is 1. The molecule has 2 N–H and O–H groups in total. The zero-order valence-corrected chi connectivity index (χ0v) is 35.6. The van der Waals surface area contributed by atoms with Crippen LogP contribution in [0.4, 0.5) is 5.69 Å². The molecule has 0 radical (unpaired) electrons. The van der Waals surface area contributed by atoms with Gasteiger partial charge in [0.1, 0.15) is 29.7 Å². The average Bonchev–Trinajstić information content (AvgIpc) is 3.81. The number of Topliss-reactive ketones (excluding diaryl/α,β-unsaturated/α-hetero) is 2. The number of fused-ring (bicyclic) bond motifs is 4. The zero-order valence-electron chi connectivity index (χ0n) is 34.6. The van der Waals surface area contributed by atoms with E-state index in [2.05, 4.69) is 31.2 Å². The number of aliphatic hydroxyl groups is 1. The number of rotatable bonds is 9. The lowest BCUT2D eigenvalue weighted by Crippen LogP contribution is -2.65. The molecule has 2 aromatic carbocycles. The molecule has 1 aliphatic heterocycles. The predicted octanol–water partition coefficient (Wildman–Crippen LogP) is 6.97. The van der Waals surface area contributed by atoms with Gasteiger partial charge in [-0.15, -0.1) is 0 Å². The molecule has 1 saturated heterocycles. The average molecular weight is 799 g/mol. The first-order valence-corrected chi connectivity index (χ1v) is 22.6. The van der Waals surface area contributed by atoms with Crippen LogP contribution in [0.25, 0.3) is 0 Å². The second kappa shape index (κ2) is 14.5. The minimum absolute atomic E-state index is 0.00540. The largest absolute Gasteiger partial charge is 0.508 e. The van der Waals surface area contributed by atoms with E-state index in [-0.39, 0.29) is 40.5 Å². The molecule has 0 saturated carbocycles. The molecule has 7 rings (SSSR count). The van der Waals surface area contributed by atoms with Crippen molar-refractivity contribution in [2.45, 2.75) is 103 Å². The SMILES string of the molecule is COc1cc(NC(=O)[C@@H]2CCCN2C(C)=O)c(C)c2c1C[C@H]1C[C@H]3[C@H](N(C)C)c4onc(OCc5ccccc5)c4C(=O)[C@@]3(O[Si](C)(C)C(C)(C)C)C(O)=C1C2=O. The van der Waals surface area contributed by atoms with Crippen LogP contribution in [0.2, 0.25) is 18.1 Å². The molecule has 0 bridgehead atoms. The predicted molar refractivity (Wildman–Crippen MR) is 215 cm³/mol. The standard InChI is InChI=1S/C43H54N4O9Si/c1-23-29(44-40(52)30-17-14-18-47(30)24(2)48)21-31(53-8)27-19-26-20-28-35(46(6)7)37-34(41(45-55-37)54-22-25-15-12-11-13-16-25)39(51)43(28,56-57(9,10)42(3,4)5)38(50)33(26)36(49)32(23)27/h11-13,15-16,21,26,28,30,35,50H,14,17-20,22H2,1-10H3,(H,44,52)/t26-,28-,30-,35-,43-/m0/s1. The highest BCUT2D eigenvalue weighted by Gasteiger charge is 2.67. The number of carbonyl (C=O) groups is 4. The third-order valence-electron chi connectivity index (χ3n) is 13.0. The number of aromatic nitrogens is 1. The van der Waals surface area contributed by atoms with Crippen molar-refractivity contribution < 1.29 is 42.7 Å². The number of nitrogens with zero attached hydrogens (tertiary/aromatic N) is 3. The Labute approximate surface area is 334 Å². The fourth-order valence-corrected chi connectivity index (χ4v) is 10.6. The monoisotopic (exact) mass is 798 g/mol. The molecule has 0 unspecified atom stereocenters. The summed E-state index contributed by atoms with van der Waals surface area (Å²) in [5, 5.41) is 19.8. The molecule has 3 aliphatic carbocycles. The maximum Gasteiger partial charge on any atom is 0.265 e. The first-order valence-electron chi connectivity index (χ1n) is 19.7. The highest BCUT2D eigenvalue weighted by Crippen LogP contribution is 2.60. The van der Waals surface area contributed by atoms with Crippen molar-refractivity contribution in [1.29, 1.82) is 0 Å². The van der Waals surface area contributed by atoms with Crippen molar-refractivity contribution in [3.63, 3.8) is 0 Å². The fourth-order valence-electron chi connectivity index (χ4n) is 9.12. The van der Waals surface area contributed by atoms with Gasteiger partial charge in [0.05, 0.1) is 13.2 Å². The van der Waals surface area contributed by atoms with Gasteiger partial charge in [0.2, 0.25) is 17.6 Å². The van der Waals surface area contributed by atoms with Gasteiger partial charge in [-0.3, -0.25) is 24.1 Å². The third-order valence-corrected chi connectivity index (χ3v) is 17.4. The van der Waals surface area contributed by atoms with Crippen LogP contribution in [0, 0.1) is 18.8 Å². The quantitative estimate of drug-likeness (QED) is 0.215. The topological polar surface area (TPSA) is 161 Å². The molecule has 1 aromatic heterocycles. The maximum atomic E-state index is 15.5. The van der Waals surface area contributed by atoms with Crippen LogP contribution in [0.1, 0.15) is 96.2 Å². The van der Waals surface area contributed by atoms with E-state index >= 15 is 9.59 Å². The molecule has 57 heavy (non-hydrogen) atoms. The van der Waals surface area contributed by atoms with Crippen LogP contribution in [0.15, 0.2) is 52.3 Å². The Bertz CT molecular complexity index is 2170. The van der Waals surface area contributed by atoms with Crippen LogP contribution in [-0.4, -0.2) is 91.2 Å². The number of likely N-dealkylation sites (tertiary alicyclic amines) is 1. The smallest absolute Gasteiger partial charge is 0.265 e. The van der Waals surface area contributed by atoms with Gasteiger partial charge in [0.25, 0.3) is 5.88 Å². The summed E-state index contributed by atoms with van der Waals surface area (Å²) in [6.45, 7) is 14.1. The Kier molecular flexibility index (Phi) is 10.3. The highest BCUT2D eigenvalue weighted by molar-refractivity contribution is 6.74. The lowest BCUT2D eigenvalue weighted by Gasteiger charge is -2.55. The Morgan fingerprint density at radius 1 is 1.14 bits per heavy atom. The number of hydrogen-bond acceptors (Lipinski definition) is 11. The number of anilines is 1. The Morgan fingerprint density at radius 2 is 1.84 bits per heavy atom. The Morgan fingerprint density at radius 3 is 2.47 bits per heavy atom. The Balaban J connectivity index is 1.38. The first kappa shape index (κ1) is 40.4. The number of carbonyl (C=O) groups excluding carboxylic acids is 4. The summed E-state index contributed by atoms with van der Waals surface area (Å²) >= 11 is 0. The third kappa shape index (κ3) is 6.49. The summed E-state index contributed by atoms with van der Waals surface area (Å²) in [5.41, 5.74) is 0.912. The van der Waals surface area contributed by atoms with Gasteiger partial charge in [0.15, 0.2) is 25.5 Å². The number of amides is 2. The van der Waals surface area contributed by atoms with E-state index in [0.29, 0.717) is 66.1 Å². The first-order chi connectivity index (χ1) is 26.8. The Hall–Kier alpha value is -4.79. The summed E-state index contributed by atoms with van der Waals surface area (Å²) in [7, 11) is 2.38. The van der Waals surface area contributed by atoms with E-state index in [4.69, 9.17) is 18.4 Å². The zero-order chi connectivity index (χ0) is 41.4. The van der Waals surface area contributed by atoms with Crippen molar-refractivity contribution in [1.82, 2.24) is 15.0 Å². The number of allylic oxidation sites excluding steroid dienone is 1. The second-order valence-electron chi connectivity index (χ2n) is 17.6. The summed E-state index contributed by atoms with van der Waals surface area (Å²) in [6, 6.07) is 10.00. The molecule has 13 nitrogen and oxygen atoms in total. The van der Waals surface area contributed by atoms with E-state index in [9.17, 15) is 14.7 Å². The van der Waals surface area contributed by atoms with Gasteiger partial charge in [0, 0.05) is 47.8 Å². The fraction of sp³-hybridized carbons (Fsp3) is 0.512. The summed E-state index contributed by atoms with van der Waals surface area (Å²) in [5.74, 6) is -2.39. The highest BCUT2D eigenvalue weighted by atomic mass is 28.4. The molecule has 304 valence electrons. The van der Waals surface area contributed by atoms with Crippen LogP contribution >= 0.6 is 0 Å². The number of benzene rings is 2. The lowest BCUT2D eigenvalue weighted by molar-refractivity contribution is -0.134. The minimum atomic E-state index is -2.91. The number of nitrogens with one attached hydrogen (secondary N) is 1. The van der Waals surface area contributed by atoms with Gasteiger partial charge in [-0.2, -0.15) is 0 Å². The number of ketones is 2. The summed E-state index contributed by atoms with van der Waals surface area (Å²) < 4.78 is 25.3. The molecule has 14 heteroatoms. The molecule has 0 spiro atoms. The number of aliphatic hydroxyl groups excluding tert-OH is 1. The van der Waals surface area contributed by atoms with E-state index < -0.39 is 55.2 Å². The molecule has 3 aromatic rings. The maximum absolute atomic E-state index is 15.5. The minimum Gasteiger partial charge on any atom is -0.508 e. The molecule has 4 aliphatic rings. The van der Waals surface area contributed by atoms with Crippen LogP contribution < -0.4 is 14.8 Å². The lowest BCUT2D eigenvalue weighted by atomic mass is 9.58. The van der Waals surface area contributed by atoms with Crippen LogP contribution in [0.3, 0.4) is 0 Å². The van der Waals surface area contributed by atoms with Crippen molar-refractivity contribution >= 4 is 37.4 Å². The van der Waals surface area contributed by atoms with Gasteiger partial charge >= 0.3 is 0 Å². The number of ether oxygens (including phenoxy) is 2. The van der Waals surface area contributed by atoms with Crippen molar-refractivity contribution in [2.24, 2.45) is 11.8 Å². The van der Waals surface area contributed by atoms with Gasteiger partial charge in [-0.05, 0) is 87.0 Å². The van der Waals surface area contributed by atoms with Crippen molar-refractivity contribution in [2.75, 3.05) is 33.1 Å². The van der Waals surface area contributed by atoms with Crippen LogP contribution in [-0.2, 0) is 27.0 Å². The number of hydrogen-bond donors (Lipinski definition) is 2. The van der Waals surface area contributed by atoms with Crippen molar-refractivity contribution in [3.05, 3.63) is 81.3 Å². The molecular weight excluding hydrogens is 745 g/mol. The van der Waals surface area contributed by atoms with Gasteiger partial charge in [-0.25, -0.2) is 0 Å². The molecule has 1 fully saturated rings. The second-order valence-corrected chi connectivity index (χ2v) is 22.4. The van der Waals surface area contributed by atoms with Gasteiger partial charge in [-0.1, -0.05) is 51.1 Å². The summed E-state index contributed by atoms with van der Waals surface area (Å²) in [4.78, 5) is 60.1. The van der Waals surface area contributed by atoms with Crippen molar-refractivity contribution in [3.8, 4) is 11.6 Å². The van der Waals surface area contributed by atoms with Gasteiger partial charge < -0.3 is 33.7 Å². The van der Waals surface area contributed by atoms with E-state index in [1.807, 2.05) is 62.4 Å².